The first-order chi connectivity index (χ1) is 13.9. The highest BCUT2D eigenvalue weighted by Gasteiger charge is 2.37. The van der Waals surface area contributed by atoms with Gasteiger partial charge < -0.3 is 26.8 Å². The molecule has 1 fully saturated rings. The van der Waals surface area contributed by atoms with E-state index in [1.165, 1.54) is 6.20 Å². The lowest BCUT2D eigenvalue weighted by Crippen LogP contribution is -2.47. The van der Waals surface area contributed by atoms with Gasteiger partial charge in [-0.1, -0.05) is 6.92 Å². The molecule has 0 saturated heterocycles. The first-order valence-electron chi connectivity index (χ1n) is 9.32. The van der Waals surface area contributed by atoms with E-state index in [9.17, 15) is 14.0 Å². The first kappa shape index (κ1) is 20.3. The van der Waals surface area contributed by atoms with Crippen LogP contribution in [0.2, 0.25) is 0 Å². The number of primary amides is 1. The fourth-order valence-electron chi connectivity index (χ4n) is 3.21. The number of pyridine rings is 2. The van der Waals surface area contributed by atoms with Crippen LogP contribution in [0.3, 0.4) is 0 Å². The standard InChI is InChI=1S/C19H23FN6O3/c1-2-14(24-19(28)29)15(10-5-6-10)25-18-13(20)8-12(16(21)27)17(26-18)23-11-4-3-7-22-9-11/h3-4,7-10,14-15,24H,2,5-6H2,1H3,(H2,21,27)(H,28,29)(H2,23,25,26)/t14-,15-/m0/s1. The minimum atomic E-state index is -1.14. The van der Waals surface area contributed by atoms with Gasteiger partial charge in [-0.05, 0) is 43.4 Å². The van der Waals surface area contributed by atoms with Gasteiger partial charge in [-0.25, -0.2) is 14.2 Å². The highest BCUT2D eigenvalue weighted by molar-refractivity contribution is 5.98. The lowest BCUT2D eigenvalue weighted by Gasteiger charge is -2.28. The third-order valence-electron chi connectivity index (χ3n) is 4.78. The van der Waals surface area contributed by atoms with Gasteiger partial charge in [0.15, 0.2) is 11.6 Å². The fraction of sp³-hybridized carbons (Fsp3) is 0.368. The first-order valence-corrected chi connectivity index (χ1v) is 9.32. The number of carbonyl (C=O) groups is 2. The van der Waals surface area contributed by atoms with Crippen LogP contribution in [0.25, 0.3) is 0 Å². The van der Waals surface area contributed by atoms with Crippen LogP contribution in [-0.2, 0) is 0 Å². The third kappa shape index (κ3) is 5.09. The number of amides is 2. The van der Waals surface area contributed by atoms with Crippen molar-refractivity contribution in [2.45, 2.75) is 38.3 Å². The van der Waals surface area contributed by atoms with Crippen LogP contribution in [-0.4, -0.2) is 39.2 Å². The summed E-state index contributed by atoms with van der Waals surface area (Å²) in [7, 11) is 0. The number of halogens is 1. The summed E-state index contributed by atoms with van der Waals surface area (Å²) in [5.74, 6) is -1.36. The van der Waals surface area contributed by atoms with Gasteiger partial charge in [-0.2, -0.15) is 0 Å². The normalized spacial score (nSPS) is 15.2. The van der Waals surface area contributed by atoms with Crippen molar-refractivity contribution in [2.75, 3.05) is 10.6 Å². The summed E-state index contributed by atoms with van der Waals surface area (Å²) in [5.41, 5.74) is 5.83. The molecule has 2 aromatic rings. The van der Waals surface area contributed by atoms with Crippen LogP contribution >= 0.6 is 0 Å². The molecule has 0 aromatic carbocycles. The fourth-order valence-corrected chi connectivity index (χ4v) is 3.21. The van der Waals surface area contributed by atoms with Gasteiger partial charge in [-0.15, -0.1) is 0 Å². The van der Waals surface area contributed by atoms with Gasteiger partial charge in [0.1, 0.15) is 5.82 Å². The van der Waals surface area contributed by atoms with Gasteiger partial charge in [0.25, 0.3) is 5.91 Å². The van der Waals surface area contributed by atoms with E-state index >= 15 is 0 Å². The average Bonchev–Trinajstić information content (AvgIpc) is 3.52. The molecule has 0 radical (unpaired) electrons. The molecule has 154 valence electrons. The summed E-state index contributed by atoms with van der Waals surface area (Å²) < 4.78 is 14.7. The van der Waals surface area contributed by atoms with Gasteiger partial charge >= 0.3 is 6.09 Å². The van der Waals surface area contributed by atoms with Crippen molar-refractivity contribution in [1.29, 1.82) is 0 Å². The summed E-state index contributed by atoms with van der Waals surface area (Å²) in [6.45, 7) is 1.85. The zero-order chi connectivity index (χ0) is 21.0. The van der Waals surface area contributed by atoms with Crippen molar-refractivity contribution < 1.29 is 19.1 Å². The quantitative estimate of drug-likeness (QED) is 0.434. The van der Waals surface area contributed by atoms with E-state index in [4.69, 9.17) is 10.8 Å². The average molecular weight is 402 g/mol. The van der Waals surface area contributed by atoms with Crippen LogP contribution in [0.4, 0.5) is 26.5 Å². The summed E-state index contributed by atoms with van der Waals surface area (Å²) in [4.78, 5) is 31.1. The van der Waals surface area contributed by atoms with Gasteiger partial charge in [0.05, 0.1) is 29.5 Å². The van der Waals surface area contributed by atoms with E-state index in [1.807, 2.05) is 6.92 Å². The summed E-state index contributed by atoms with van der Waals surface area (Å²) in [6, 6.07) is 3.69. The number of hydrogen-bond acceptors (Lipinski definition) is 6. The molecule has 3 rings (SSSR count). The Labute approximate surface area is 166 Å². The van der Waals surface area contributed by atoms with Crippen molar-refractivity contribution >= 4 is 29.3 Å². The van der Waals surface area contributed by atoms with Gasteiger partial charge in [0, 0.05) is 6.20 Å². The molecule has 0 bridgehead atoms. The van der Waals surface area contributed by atoms with Crippen molar-refractivity contribution in [3.05, 3.63) is 42.0 Å². The van der Waals surface area contributed by atoms with Gasteiger partial charge in [0.2, 0.25) is 0 Å². The SMILES string of the molecule is CC[C@H](NC(=O)O)[C@@H](Nc1nc(Nc2cccnc2)c(C(N)=O)cc1F)C1CC1. The Morgan fingerprint density at radius 2 is 2.14 bits per heavy atom. The Bertz CT molecular complexity index is 891. The van der Waals surface area contributed by atoms with E-state index < -0.39 is 23.9 Å². The Hall–Kier alpha value is -3.43. The molecule has 2 heterocycles. The molecular weight excluding hydrogens is 379 g/mol. The number of nitrogens with two attached hydrogens (primary N) is 1. The maximum Gasteiger partial charge on any atom is 0.404 e. The zero-order valence-electron chi connectivity index (χ0n) is 15.9. The molecule has 0 unspecified atom stereocenters. The molecule has 6 N–H and O–H groups in total. The number of carboxylic acid groups (broad SMARTS) is 1. The number of aromatic nitrogens is 2. The molecule has 0 spiro atoms. The number of carbonyl (C=O) groups excluding carboxylic acids is 1. The largest absolute Gasteiger partial charge is 0.465 e. The zero-order valence-corrected chi connectivity index (χ0v) is 15.9. The monoisotopic (exact) mass is 402 g/mol. The molecule has 2 atom stereocenters. The van der Waals surface area contributed by atoms with Crippen LogP contribution in [0.1, 0.15) is 36.5 Å². The second-order valence-electron chi connectivity index (χ2n) is 6.92. The number of nitrogens with one attached hydrogen (secondary N) is 3. The van der Waals surface area contributed by atoms with Crippen LogP contribution < -0.4 is 21.7 Å². The van der Waals surface area contributed by atoms with E-state index in [2.05, 4.69) is 25.9 Å². The molecule has 10 heteroatoms. The predicted octanol–water partition coefficient (Wildman–Crippen LogP) is 2.69. The van der Waals surface area contributed by atoms with E-state index in [1.54, 1.807) is 18.3 Å². The number of hydrogen-bond donors (Lipinski definition) is 5. The lowest BCUT2D eigenvalue weighted by molar-refractivity contribution is 0.100. The van der Waals surface area contributed by atoms with Crippen LogP contribution in [0, 0.1) is 11.7 Å². The minimum Gasteiger partial charge on any atom is -0.465 e. The topological polar surface area (TPSA) is 142 Å². The highest BCUT2D eigenvalue weighted by atomic mass is 19.1. The van der Waals surface area contributed by atoms with Crippen molar-refractivity contribution in [1.82, 2.24) is 15.3 Å². The minimum absolute atomic E-state index is 0.0797. The number of nitrogens with zero attached hydrogens (tertiary/aromatic N) is 2. The number of rotatable bonds is 9. The molecule has 2 amide bonds. The van der Waals surface area contributed by atoms with Gasteiger partial charge in [-0.3, -0.25) is 9.78 Å². The lowest BCUT2D eigenvalue weighted by atomic mass is 10.0. The molecular formula is C19H23FN6O3. The van der Waals surface area contributed by atoms with E-state index in [-0.39, 0.29) is 29.2 Å². The smallest absolute Gasteiger partial charge is 0.404 e. The molecule has 1 aliphatic carbocycles. The Kier molecular flexibility index (Phi) is 6.10. The molecule has 9 nitrogen and oxygen atoms in total. The van der Waals surface area contributed by atoms with E-state index in [0.717, 1.165) is 18.9 Å². The molecule has 1 saturated carbocycles. The molecule has 1 aliphatic rings. The summed E-state index contributed by atoms with van der Waals surface area (Å²) in [5, 5.41) is 17.5. The molecule has 0 aliphatic heterocycles. The second kappa shape index (κ2) is 8.72. The van der Waals surface area contributed by atoms with Crippen LogP contribution in [0.15, 0.2) is 30.6 Å². The Morgan fingerprint density at radius 3 is 2.69 bits per heavy atom. The maximum absolute atomic E-state index is 14.7. The highest BCUT2D eigenvalue weighted by Crippen LogP contribution is 2.37. The predicted molar refractivity (Wildman–Crippen MR) is 106 cm³/mol. The van der Waals surface area contributed by atoms with E-state index in [0.29, 0.717) is 12.1 Å². The Balaban J connectivity index is 1.92. The van der Waals surface area contributed by atoms with Crippen molar-refractivity contribution in [3.63, 3.8) is 0 Å². The third-order valence-corrected chi connectivity index (χ3v) is 4.78. The molecule has 29 heavy (non-hydrogen) atoms. The Morgan fingerprint density at radius 1 is 1.38 bits per heavy atom. The van der Waals surface area contributed by atoms with Crippen molar-refractivity contribution in [2.24, 2.45) is 11.7 Å². The van der Waals surface area contributed by atoms with Crippen molar-refractivity contribution in [3.8, 4) is 0 Å². The van der Waals surface area contributed by atoms with Crippen LogP contribution in [0.5, 0.6) is 0 Å². The summed E-state index contributed by atoms with van der Waals surface area (Å²) in [6.07, 6.45) is 4.34. The molecule has 2 aromatic heterocycles. The number of anilines is 3. The second-order valence-corrected chi connectivity index (χ2v) is 6.92. The maximum atomic E-state index is 14.7. The summed E-state index contributed by atoms with van der Waals surface area (Å²) >= 11 is 0.